The number of carbonyl (C=O) groups is 1. The fourth-order valence-corrected chi connectivity index (χ4v) is 5.74. The van der Waals surface area contributed by atoms with Crippen molar-refractivity contribution in [1.82, 2.24) is 4.31 Å². The van der Waals surface area contributed by atoms with Gasteiger partial charge in [0.05, 0.1) is 0 Å². The van der Waals surface area contributed by atoms with Gasteiger partial charge in [0.1, 0.15) is 9.09 Å². The van der Waals surface area contributed by atoms with Crippen molar-refractivity contribution in [1.29, 1.82) is 0 Å². The highest BCUT2D eigenvalue weighted by Gasteiger charge is 2.39. The molecule has 8 heteroatoms. The fraction of sp³-hybridized carbons (Fsp3) is 0.308. The summed E-state index contributed by atoms with van der Waals surface area (Å²) in [5.41, 5.74) is 0. The highest BCUT2D eigenvalue weighted by Crippen LogP contribution is 2.36. The number of hydrogen-bond acceptors (Lipinski definition) is 5. The Hall–Kier alpha value is -1.22. The number of carboxylic acid groups (broad SMARTS) is 1. The Morgan fingerprint density at radius 1 is 1.33 bits per heavy atom. The molecule has 0 atom stereocenters. The fourth-order valence-electron chi connectivity index (χ4n) is 2.02. The lowest BCUT2D eigenvalue weighted by Crippen LogP contribution is -2.31. The lowest BCUT2D eigenvalue weighted by molar-refractivity contribution is 0.0702. The summed E-state index contributed by atoms with van der Waals surface area (Å²) in [5, 5.41) is 10.9. The second-order valence-corrected chi connectivity index (χ2v) is 9.02. The normalized spacial score (nSPS) is 15.5. The molecule has 0 bridgehead atoms. The summed E-state index contributed by atoms with van der Waals surface area (Å²) >= 11 is 2.33. The molecule has 0 saturated heterocycles. The Morgan fingerprint density at radius 2 is 2.10 bits per heavy atom. The van der Waals surface area contributed by atoms with Crippen LogP contribution in [0.4, 0.5) is 0 Å². The van der Waals surface area contributed by atoms with Crippen LogP contribution in [0.3, 0.4) is 0 Å². The molecule has 2 heterocycles. The van der Waals surface area contributed by atoms with Crippen LogP contribution in [0.2, 0.25) is 0 Å². The average molecular weight is 343 g/mol. The van der Waals surface area contributed by atoms with Gasteiger partial charge in [-0.3, -0.25) is 0 Å². The van der Waals surface area contributed by atoms with E-state index < -0.39 is 16.0 Å². The minimum absolute atomic E-state index is 0.0347. The minimum atomic E-state index is -3.63. The Kier molecular flexibility index (Phi) is 3.87. The maximum absolute atomic E-state index is 12.7. The molecular formula is C13H13NO4S3. The zero-order valence-corrected chi connectivity index (χ0v) is 13.4. The molecule has 1 N–H and O–H groups in total. The van der Waals surface area contributed by atoms with Crippen molar-refractivity contribution in [3.05, 3.63) is 39.4 Å². The van der Waals surface area contributed by atoms with Crippen LogP contribution in [-0.4, -0.2) is 29.8 Å². The van der Waals surface area contributed by atoms with E-state index in [0.29, 0.717) is 6.54 Å². The summed E-state index contributed by atoms with van der Waals surface area (Å²) in [5.74, 6) is -1.10. The van der Waals surface area contributed by atoms with Gasteiger partial charge in [-0.2, -0.15) is 4.31 Å². The first kappa shape index (κ1) is 14.7. The zero-order valence-electron chi connectivity index (χ0n) is 10.9. The molecule has 2 aromatic rings. The molecule has 0 radical (unpaired) electrons. The summed E-state index contributed by atoms with van der Waals surface area (Å²) in [6.45, 7) is 0.352. The summed E-state index contributed by atoms with van der Waals surface area (Å²) < 4.78 is 27.0. The third-order valence-corrected chi connectivity index (χ3v) is 7.50. The molecule has 21 heavy (non-hydrogen) atoms. The first-order valence-corrected chi connectivity index (χ1v) is 9.49. The van der Waals surface area contributed by atoms with E-state index in [2.05, 4.69) is 0 Å². The number of hydrogen-bond donors (Lipinski definition) is 1. The number of thiophene rings is 2. The van der Waals surface area contributed by atoms with Gasteiger partial charge in [-0.1, -0.05) is 6.07 Å². The van der Waals surface area contributed by atoms with E-state index in [9.17, 15) is 13.2 Å². The van der Waals surface area contributed by atoms with Crippen molar-refractivity contribution in [3.63, 3.8) is 0 Å². The maximum atomic E-state index is 12.7. The Bertz CT molecular complexity index is 744. The third-order valence-electron chi connectivity index (χ3n) is 3.20. The largest absolute Gasteiger partial charge is 0.477 e. The predicted molar refractivity (Wildman–Crippen MR) is 81.3 cm³/mol. The van der Waals surface area contributed by atoms with E-state index >= 15 is 0 Å². The molecule has 112 valence electrons. The summed E-state index contributed by atoms with van der Waals surface area (Å²) in [7, 11) is -3.63. The third kappa shape index (κ3) is 3.03. The molecule has 1 aliphatic rings. The van der Waals surface area contributed by atoms with Gasteiger partial charge in [-0.15, -0.1) is 22.7 Å². The van der Waals surface area contributed by atoms with E-state index in [4.69, 9.17) is 5.11 Å². The zero-order chi connectivity index (χ0) is 15.0. The van der Waals surface area contributed by atoms with Crippen LogP contribution < -0.4 is 0 Å². The van der Waals surface area contributed by atoms with Gasteiger partial charge in [-0.25, -0.2) is 13.2 Å². The molecule has 1 fully saturated rings. The highest BCUT2D eigenvalue weighted by atomic mass is 32.2. The van der Waals surface area contributed by atoms with Crippen LogP contribution in [0, 0.1) is 0 Å². The summed E-state index contributed by atoms with van der Waals surface area (Å²) in [4.78, 5) is 11.9. The van der Waals surface area contributed by atoms with Gasteiger partial charge in [0, 0.05) is 17.5 Å². The van der Waals surface area contributed by atoms with E-state index in [-0.39, 0.29) is 15.1 Å². The molecule has 1 saturated carbocycles. The van der Waals surface area contributed by atoms with E-state index in [0.717, 1.165) is 29.1 Å². The van der Waals surface area contributed by atoms with Gasteiger partial charge in [-0.05, 0) is 36.4 Å². The topological polar surface area (TPSA) is 74.7 Å². The van der Waals surface area contributed by atoms with Crippen LogP contribution >= 0.6 is 22.7 Å². The van der Waals surface area contributed by atoms with Crippen LogP contribution in [-0.2, 0) is 16.6 Å². The number of rotatable bonds is 6. The smallest absolute Gasteiger partial charge is 0.345 e. The number of aromatic carboxylic acids is 1. The van der Waals surface area contributed by atoms with Crippen molar-refractivity contribution in [2.75, 3.05) is 0 Å². The molecule has 0 spiro atoms. The van der Waals surface area contributed by atoms with Crippen molar-refractivity contribution < 1.29 is 18.3 Å². The van der Waals surface area contributed by atoms with Gasteiger partial charge in [0.15, 0.2) is 0 Å². The SMILES string of the molecule is O=C(O)c1ccc(S(=O)(=O)N(Cc2cccs2)C2CC2)s1. The molecular weight excluding hydrogens is 330 g/mol. The van der Waals surface area contributed by atoms with Gasteiger partial charge in [0.2, 0.25) is 0 Å². The van der Waals surface area contributed by atoms with E-state index in [1.807, 2.05) is 17.5 Å². The number of nitrogens with zero attached hydrogens (tertiary/aromatic N) is 1. The Balaban J connectivity index is 1.91. The second-order valence-electron chi connectivity index (χ2n) is 4.78. The van der Waals surface area contributed by atoms with Crippen LogP contribution in [0.5, 0.6) is 0 Å². The van der Waals surface area contributed by atoms with Crippen molar-refractivity contribution >= 4 is 38.7 Å². The molecule has 1 aliphatic carbocycles. The van der Waals surface area contributed by atoms with E-state index in [1.165, 1.54) is 27.8 Å². The Morgan fingerprint density at radius 3 is 2.62 bits per heavy atom. The van der Waals surface area contributed by atoms with Crippen LogP contribution in [0.15, 0.2) is 33.9 Å². The molecule has 3 rings (SSSR count). The van der Waals surface area contributed by atoms with Gasteiger partial charge in [0.25, 0.3) is 10.0 Å². The van der Waals surface area contributed by atoms with Gasteiger partial charge < -0.3 is 5.11 Å². The lowest BCUT2D eigenvalue weighted by atomic mass is 10.4. The van der Waals surface area contributed by atoms with E-state index in [1.54, 1.807) is 0 Å². The predicted octanol–water partition coefficient (Wildman–Crippen LogP) is 2.86. The average Bonchev–Trinajstić information content (AvgIpc) is 2.95. The van der Waals surface area contributed by atoms with Crippen LogP contribution in [0.25, 0.3) is 0 Å². The summed E-state index contributed by atoms with van der Waals surface area (Å²) in [6.07, 6.45) is 1.73. The first-order chi connectivity index (χ1) is 9.98. The highest BCUT2D eigenvalue weighted by molar-refractivity contribution is 7.91. The Labute approximate surface area is 130 Å². The van der Waals surface area contributed by atoms with Crippen molar-refractivity contribution in [2.24, 2.45) is 0 Å². The number of sulfonamides is 1. The van der Waals surface area contributed by atoms with Crippen molar-refractivity contribution in [2.45, 2.75) is 29.6 Å². The first-order valence-electron chi connectivity index (χ1n) is 6.36. The monoisotopic (exact) mass is 343 g/mol. The molecule has 0 amide bonds. The maximum Gasteiger partial charge on any atom is 0.345 e. The van der Waals surface area contributed by atoms with Crippen LogP contribution in [0.1, 0.15) is 27.4 Å². The number of carboxylic acids is 1. The summed E-state index contributed by atoms with van der Waals surface area (Å²) in [6, 6.07) is 6.56. The second kappa shape index (κ2) is 5.53. The van der Waals surface area contributed by atoms with Crippen molar-refractivity contribution in [3.8, 4) is 0 Å². The van der Waals surface area contributed by atoms with Gasteiger partial charge >= 0.3 is 5.97 Å². The molecule has 2 aromatic heterocycles. The minimum Gasteiger partial charge on any atom is -0.477 e. The molecule has 5 nitrogen and oxygen atoms in total. The molecule has 0 aliphatic heterocycles. The quantitative estimate of drug-likeness (QED) is 0.875. The standard InChI is InChI=1S/C13H13NO4S3/c15-13(16)11-5-6-12(20-11)21(17,18)14(9-3-4-9)8-10-2-1-7-19-10/h1-2,5-7,9H,3-4,8H2,(H,15,16). The molecule has 0 unspecified atom stereocenters. The molecule has 0 aromatic carbocycles. The lowest BCUT2D eigenvalue weighted by Gasteiger charge is -2.20.